The largest absolute Gasteiger partial charge is 0.492 e. The first-order chi connectivity index (χ1) is 14.1. The first-order valence-electron chi connectivity index (χ1n) is 9.82. The van der Waals surface area contributed by atoms with Gasteiger partial charge in [-0.25, -0.2) is 9.67 Å². The SMILES string of the molecule is O=C(CN1C(=O)C2CCCCC2C1=O)Nc1cccc(OCCn2cncn2)c1. The van der Waals surface area contributed by atoms with E-state index in [2.05, 4.69) is 15.4 Å². The number of benzene rings is 1. The number of nitrogens with zero attached hydrogens (tertiary/aromatic N) is 4. The lowest BCUT2D eigenvalue weighted by atomic mass is 9.81. The summed E-state index contributed by atoms with van der Waals surface area (Å²) < 4.78 is 7.33. The molecular weight excluding hydrogens is 374 g/mol. The van der Waals surface area contributed by atoms with Crippen LogP contribution in [0.15, 0.2) is 36.9 Å². The van der Waals surface area contributed by atoms with E-state index >= 15 is 0 Å². The zero-order valence-corrected chi connectivity index (χ0v) is 16.0. The van der Waals surface area contributed by atoms with Crippen LogP contribution in [0.3, 0.4) is 0 Å². The molecule has 2 aliphatic rings. The molecule has 0 radical (unpaired) electrons. The molecule has 0 bridgehead atoms. The lowest BCUT2D eigenvalue weighted by Crippen LogP contribution is -2.38. The Morgan fingerprint density at radius 1 is 1.17 bits per heavy atom. The van der Waals surface area contributed by atoms with Crippen LogP contribution in [-0.2, 0) is 20.9 Å². The molecule has 2 aromatic rings. The maximum Gasteiger partial charge on any atom is 0.244 e. The normalized spacial score (nSPS) is 21.2. The number of carbonyl (C=O) groups excluding carboxylic acids is 3. The molecular formula is C20H23N5O4. The summed E-state index contributed by atoms with van der Waals surface area (Å²) in [5.74, 6) is -0.705. The number of hydrogen-bond acceptors (Lipinski definition) is 6. The Bertz CT molecular complexity index is 874. The topological polar surface area (TPSA) is 106 Å². The molecule has 0 spiro atoms. The highest BCUT2D eigenvalue weighted by atomic mass is 16.5. The third kappa shape index (κ3) is 4.28. The lowest BCUT2D eigenvalue weighted by Gasteiger charge is -2.19. The molecule has 1 aliphatic carbocycles. The van der Waals surface area contributed by atoms with Gasteiger partial charge in [-0.2, -0.15) is 5.10 Å². The number of anilines is 1. The summed E-state index contributed by atoms with van der Waals surface area (Å²) in [5.41, 5.74) is 0.546. The van der Waals surface area contributed by atoms with Crippen molar-refractivity contribution in [2.24, 2.45) is 11.8 Å². The number of aromatic nitrogens is 3. The molecule has 2 heterocycles. The van der Waals surface area contributed by atoms with Crippen molar-refractivity contribution in [3.8, 4) is 5.75 Å². The van der Waals surface area contributed by atoms with Crippen LogP contribution in [0, 0.1) is 11.8 Å². The Morgan fingerprint density at radius 2 is 1.93 bits per heavy atom. The molecule has 9 heteroatoms. The van der Waals surface area contributed by atoms with Crippen LogP contribution in [0.2, 0.25) is 0 Å². The number of likely N-dealkylation sites (tertiary alicyclic amines) is 1. The zero-order valence-electron chi connectivity index (χ0n) is 16.0. The van der Waals surface area contributed by atoms with E-state index < -0.39 is 5.91 Å². The van der Waals surface area contributed by atoms with Gasteiger partial charge >= 0.3 is 0 Å². The number of ether oxygens (including phenoxy) is 1. The molecule has 3 amide bonds. The second-order valence-electron chi connectivity index (χ2n) is 7.34. The highest BCUT2D eigenvalue weighted by Gasteiger charge is 2.48. The van der Waals surface area contributed by atoms with Gasteiger partial charge in [-0.05, 0) is 25.0 Å². The van der Waals surface area contributed by atoms with Crippen LogP contribution in [0.5, 0.6) is 5.75 Å². The summed E-state index contributed by atoms with van der Waals surface area (Å²) in [5, 5.41) is 6.74. The van der Waals surface area contributed by atoms with Crippen molar-refractivity contribution in [1.29, 1.82) is 0 Å². The standard InChI is InChI=1S/C20H23N5O4/c26-18(11-25-19(27)16-6-1-2-7-17(16)20(25)28)23-14-4-3-5-15(10-14)29-9-8-24-13-21-12-22-24/h3-5,10,12-13,16-17H,1-2,6-9,11H2,(H,23,26). The van der Waals surface area contributed by atoms with E-state index in [0.29, 0.717) is 24.6 Å². The smallest absolute Gasteiger partial charge is 0.244 e. The highest BCUT2D eigenvalue weighted by Crippen LogP contribution is 2.37. The number of fused-ring (bicyclic) bond motifs is 1. The first-order valence-corrected chi connectivity index (χ1v) is 9.82. The molecule has 152 valence electrons. The summed E-state index contributed by atoms with van der Waals surface area (Å²) in [6.07, 6.45) is 6.47. The van der Waals surface area contributed by atoms with E-state index in [-0.39, 0.29) is 30.2 Å². The summed E-state index contributed by atoms with van der Waals surface area (Å²) in [6.45, 7) is 0.709. The maximum absolute atomic E-state index is 12.5. The van der Waals surface area contributed by atoms with Gasteiger partial charge < -0.3 is 10.1 Å². The minimum Gasteiger partial charge on any atom is -0.492 e. The van der Waals surface area contributed by atoms with Gasteiger partial charge in [0.15, 0.2) is 0 Å². The monoisotopic (exact) mass is 397 g/mol. The molecule has 9 nitrogen and oxygen atoms in total. The molecule has 4 rings (SSSR count). The van der Waals surface area contributed by atoms with Gasteiger partial charge in [-0.1, -0.05) is 18.9 Å². The van der Waals surface area contributed by atoms with Crippen LogP contribution in [-0.4, -0.2) is 50.5 Å². The molecule has 1 N–H and O–H groups in total. The molecule has 1 aliphatic heterocycles. The van der Waals surface area contributed by atoms with E-state index in [0.717, 1.165) is 30.6 Å². The highest BCUT2D eigenvalue weighted by molar-refractivity contribution is 6.08. The van der Waals surface area contributed by atoms with Gasteiger partial charge in [0.1, 0.15) is 31.6 Å². The molecule has 1 aromatic carbocycles. The lowest BCUT2D eigenvalue weighted by molar-refractivity contribution is -0.142. The fourth-order valence-corrected chi connectivity index (χ4v) is 4.00. The Hall–Kier alpha value is -3.23. The van der Waals surface area contributed by atoms with Gasteiger partial charge in [0.2, 0.25) is 17.7 Å². The third-order valence-corrected chi connectivity index (χ3v) is 5.41. The van der Waals surface area contributed by atoms with E-state index in [9.17, 15) is 14.4 Å². The van der Waals surface area contributed by atoms with E-state index in [4.69, 9.17) is 4.74 Å². The molecule has 1 saturated carbocycles. The Kier molecular flexibility index (Phi) is 5.55. The van der Waals surface area contributed by atoms with E-state index in [1.807, 2.05) is 0 Å². The van der Waals surface area contributed by atoms with Crippen LogP contribution in [0.1, 0.15) is 25.7 Å². The molecule has 2 fully saturated rings. The number of amides is 3. The van der Waals surface area contributed by atoms with Gasteiger partial charge in [0, 0.05) is 11.8 Å². The van der Waals surface area contributed by atoms with Crippen molar-refractivity contribution in [3.63, 3.8) is 0 Å². The number of hydrogen-bond donors (Lipinski definition) is 1. The average molecular weight is 397 g/mol. The van der Waals surface area contributed by atoms with Crippen molar-refractivity contribution in [3.05, 3.63) is 36.9 Å². The van der Waals surface area contributed by atoms with Gasteiger partial charge in [0.25, 0.3) is 0 Å². The fourth-order valence-electron chi connectivity index (χ4n) is 4.00. The van der Waals surface area contributed by atoms with Crippen molar-refractivity contribution < 1.29 is 19.1 Å². The van der Waals surface area contributed by atoms with Crippen LogP contribution in [0.4, 0.5) is 5.69 Å². The van der Waals surface area contributed by atoms with Crippen molar-refractivity contribution in [1.82, 2.24) is 19.7 Å². The Labute approximate surface area is 168 Å². The number of carbonyl (C=O) groups is 3. The average Bonchev–Trinajstić information content (AvgIpc) is 3.32. The van der Waals surface area contributed by atoms with Crippen LogP contribution in [0.25, 0.3) is 0 Å². The fraction of sp³-hybridized carbons (Fsp3) is 0.450. The summed E-state index contributed by atoms with van der Waals surface area (Å²) in [4.78, 5) is 42.4. The second-order valence-corrected chi connectivity index (χ2v) is 7.34. The maximum atomic E-state index is 12.5. The summed E-state index contributed by atoms with van der Waals surface area (Å²) in [6, 6.07) is 6.98. The molecule has 1 saturated heterocycles. The number of rotatable bonds is 7. The van der Waals surface area contributed by atoms with Gasteiger partial charge in [0.05, 0.1) is 18.4 Å². The zero-order chi connectivity index (χ0) is 20.2. The van der Waals surface area contributed by atoms with Crippen molar-refractivity contribution in [2.75, 3.05) is 18.5 Å². The predicted molar refractivity (Wildman–Crippen MR) is 103 cm³/mol. The number of imide groups is 1. The minimum absolute atomic E-state index is 0.208. The summed E-state index contributed by atoms with van der Waals surface area (Å²) in [7, 11) is 0. The van der Waals surface area contributed by atoms with Gasteiger partial charge in [-0.3, -0.25) is 19.3 Å². The van der Waals surface area contributed by atoms with Crippen molar-refractivity contribution in [2.45, 2.75) is 32.2 Å². The minimum atomic E-state index is -0.398. The Morgan fingerprint density at radius 3 is 2.62 bits per heavy atom. The molecule has 2 atom stereocenters. The number of nitrogens with one attached hydrogen (secondary N) is 1. The van der Waals surface area contributed by atoms with Crippen LogP contribution < -0.4 is 10.1 Å². The van der Waals surface area contributed by atoms with E-state index in [1.165, 1.54) is 6.33 Å². The van der Waals surface area contributed by atoms with Crippen molar-refractivity contribution >= 4 is 23.4 Å². The van der Waals surface area contributed by atoms with Crippen LogP contribution >= 0.6 is 0 Å². The third-order valence-electron chi connectivity index (χ3n) is 5.41. The molecule has 1 aromatic heterocycles. The predicted octanol–water partition coefficient (Wildman–Crippen LogP) is 1.47. The molecule has 2 unspecified atom stereocenters. The quantitative estimate of drug-likeness (QED) is 0.709. The Balaban J connectivity index is 1.31. The van der Waals surface area contributed by atoms with Gasteiger partial charge in [-0.15, -0.1) is 0 Å². The molecule has 29 heavy (non-hydrogen) atoms. The second kappa shape index (κ2) is 8.42. The summed E-state index contributed by atoms with van der Waals surface area (Å²) >= 11 is 0. The first kappa shape index (κ1) is 19.1. The van der Waals surface area contributed by atoms with E-state index in [1.54, 1.807) is 35.3 Å².